The third-order valence-electron chi connectivity index (χ3n) is 3.86. The van der Waals surface area contributed by atoms with Gasteiger partial charge in [-0.3, -0.25) is 4.79 Å². The number of nitrogens with two attached hydrogens (primary N) is 1. The van der Waals surface area contributed by atoms with Gasteiger partial charge in [-0.15, -0.1) is 24.2 Å². The molecule has 4 nitrogen and oxygen atoms in total. The average Bonchev–Trinajstić information content (AvgIpc) is 2.89. The molecule has 0 aromatic carbocycles. The first-order valence-electron chi connectivity index (χ1n) is 8.53. The van der Waals surface area contributed by atoms with Gasteiger partial charge in [0.2, 0.25) is 5.91 Å². The number of allylic oxidation sites excluding steroid dienone is 1. The van der Waals surface area contributed by atoms with E-state index in [1.807, 2.05) is 40.7 Å². The highest BCUT2D eigenvalue weighted by molar-refractivity contribution is 7.10. The van der Waals surface area contributed by atoms with Crippen LogP contribution in [-0.2, 0) is 11.2 Å². The van der Waals surface area contributed by atoms with Crippen LogP contribution in [0.4, 0.5) is 0 Å². The molecule has 0 aliphatic carbocycles. The van der Waals surface area contributed by atoms with E-state index in [2.05, 4.69) is 42.6 Å². The Labute approximate surface area is 162 Å². The van der Waals surface area contributed by atoms with Gasteiger partial charge in [-0.25, -0.2) is 0 Å². The Morgan fingerprint density at radius 3 is 2.50 bits per heavy atom. The van der Waals surface area contributed by atoms with Crippen LogP contribution < -0.4 is 11.1 Å². The van der Waals surface area contributed by atoms with Crippen LogP contribution in [0.5, 0.6) is 0 Å². The van der Waals surface area contributed by atoms with Crippen LogP contribution in [0.25, 0.3) is 6.08 Å². The van der Waals surface area contributed by atoms with Crippen LogP contribution in [0.15, 0.2) is 11.5 Å². The minimum absolute atomic E-state index is 0.177. The smallest absolute Gasteiger partial charge is 0.237 e. The highest BCUT2D eigenvalue weighted by Gasteiger charge is 2.31. The van der Waals surface area contributed by atoms with Crippen molar-refractivity contribution in [3.63, 3.8) is 0 Å². The Kier molecular flexibility index (Phi) is 9.35. The fourth-order valence-electron chi connectivity index (χ4n) is 3.01. The number of nitrogens with zero attached hydrogens (tertiary/aromatic N) is 1. The van der Waals surface area contributed by atoms with Gasteiger partial charge >= 0.3 is 0 Å². The Hall–Kier alpha value is -2.08. The third-order valence-corrected chi connectivity index (χ3v) is 4.84. The van der Waals surface area contributed by atoms with Gasteiger partial charge in [0.05, 0.1) is 17.5 Å². The van der Waals surface area contributed by atoms with Crippen molar-refractivity contribution in [3.05, 3.63) is 27.5 Å². The molecule has 1 aromatic heterocycles. The summed E-state index contributed by atoms with van der Waals surface area (Å²) in [6.45, 7) is 11.7. The highest BCUT2D eigenvalue weighted by Crippen LogP contribution is 2.27. The van der Waals surface area contributed by atoms with Crippen molar-refractivity contribution in [2.24, 2.45) is 11.1 Å². The van der Waals surface area contributed by atoms with Gasteiger partial charge in [-0.2, -0.15) is 5.26 Å². The molecule has 0 bridgehead atoms. The summed E-state index contributed by atoms with van der Waals surface area (Å²) >= 11 is 1.67. The summed E-state index contributed by atoms with van der Waals surface area (Å²) in [7, 11) is 0. The summed E-state index contributed by atoms with van der Waals surface area (Å²) in [5.74, 6) is -0.177. The van der Waals surface area contributed by atoms with E-state index in [0.717, 1.165) is 11.1 Å². The van der Waals surface area contributed by atoms with Crippen LogP contribution in [-0.4, -0.2) is 17.5 Å². The molecule has 142 valence electrons. The normalized spacial score (nSPS) is 12.8. The molecule has 0 saturated carbocycles. The molecule has 1 atom stereocenters. The van der Waals surface area contributed by atoms with Crippen LogP contribution in [0.1, 0.15) is 57.0 Å². The standard InChI is InChI=1S/C19H29N3OS.C2H2/c1-7-8-15-13(2)24-10-14(15)9-16(21)17(23)22-19(5,6)11-18(3,4)12-20;1-2/h7-8,10,16H,9,11,21H2,1-6H3,(H,22,23);1-2H/b8-7-;. The molecule has 3 N–H and O–H groups in total. The SMILES string of the molecule is C#C.C/C=C\c1c(CC(N)C(=O)NC(C)(C)CC(C)(C)C#N)csc1C. The van der Waals surface area contributed by atoms with E-state index in [9.17, 15) is 10.1 Å². The molecule has 1 aromatic rings. The minimum atomic E-state index is -0.604. The van der Waals surface area contributed by atoms with Crippen LogP contribution >= 0.6 is 11.3 Å². The second-order valence-corrected chi connectivity index (χ2v) is 8.67. The number of nitriles is 1. The van der Waals surface area contributed by atoms with Crippen LogP contribution in [0.3, 0.4) is 0 Å². The molecule has 0 fully saturated rings. The van der Waals surface area contributed by atoms with Crippen molar-refractivity contribution in [2.75, 3.05) is 0 Å². The van der Waals surface area contributed by atoms with Crippen LogP contribution in [0, 0.1) is 36.5 Å². The summed E-state index contributed by atoms with van der Waals surface area (Å²) in [5, 5.41) is 14.3. The first-order chi connectivity index (χ1) is 12.0. The summed E-state index contributed by atoms with van der Waals surface area (Å²) < 4.78 is 0. The predicted molar refractivity (Wildman–Crippen MR) is 112 cm³/mol. The lowest BCUT2D eigenvalue weighted by Crippen LogP contribution is -2.52. The molecule has 1 unspecified atom stereocenters. The van der Waals surface area contributed by atoms with E-state index in [-0.39, 0.29) is 5.91 Å². The monoisotopic (exact) mass is 373 g/mol. The van der Waals surface area contributed by atoms with Crippen LogP contribution in [0.2, 0.25) is 0 Å². The van der Waals surface area contributed by atoms with Gasteiger partial charge < -0.3 is 11.1 Å². The molecular weight excluding hydrogens is 342 g/mol. The molecule has 5 heteroatoms. The molecule has 0 aliphatic rings. The van der Waals surface area contributed by atoms with Crippen molar-refractivity contribution in [2.45, 2.75) is 66.0 Å². The highest BCUT2D eigenvalue weighted by atomic mass is 32.1. The lowest BCUT2D eigenvalue weighted by Gasteiger charge is -2.32. The molecule has 0 saturated heterocycles. The van der Waals surface area contributed by atoms with Gasteiger partial charge in [0.15, 0.2) is 0 Å². The van der Waals surface area contributed by atoms with Gasteiger partial charge in [0, 0.05) is 10.4 Å². The molecule has 0 aliphatic heterocycles. The maximum Gasteiger partial charge on any atom is 0.237 e. The summed E-state index contributed by atoms with van der Waals surface area (Å²) in [6, 6.07) is 1.67. The fourth-order valence-corrected chi connectivity index (χ4v) is 3.87. The molecule has 1 amide bonds. The average molecular weight is 374 g/mol. The van der Waals surface area contributed by atoms with Gasteiger partial charge in [0.1, 0.15) is 0 Å². The number of thiophene rings is 1. The first kappa shape index (κ1) is 23.9. The molecule has 0 spiro atoms. The molecule has 0 radical (unpaired) electrons. The first-order valence-corrected chi connectivity index (χ1v) is 9.41. The van der Waals surface area contributed by atoms with Crippen molar-refractivity contribution >= 4 is 23.3 Å². The van der Waals surface area contributed by atoms with E-state index in [1.165, 1.54) is 4.88 Å². The Balaban J connectivity index is 0.00000301. The van der Waals surface area contributed by atoms with Gasteiger partial charge in [0.25, 0.3) is 0 Å². The minimum Gasteiger partial charge on any atom is -0.350 e. The maximum absolute atomic E-state index is 12.5. The predicted octanol–water partition coefficient (Wildman–Crippen LogP) is 4.04. The van der Waals surface area contributed by atoms with Crippen molar-refractivity contribution in [1.82, 2.24) is 5.32 Å². The molecule has 1 heterocycles. The molecule has 26 heavy (non-hydrogen) atoms. The van der Waals surface area contributed by atoms with E-state index >= 15 is 0 Å². The number of carbonyl (C=O) groups is 1. The zero-order valence-electron chi connectivity index (χ0n) is 16.7. The number of carbonyl (C=O) groups excluding carboxylic acids is 1. The number of nitrogens with one attached hydrogen (secondary N) is 1. The Morgan fingerprint density at radius 1 is 1.42 bits per heavy atom. The lowest BCUT2D eigenvalue weighted by molar-refractivity contribution is -0.124. The van der Waals surface area contributed by atoms with Crippen molar-refractivity contribution in [1.29, 1.82) is 5.26 Å². The zero-order chi connectivity index (χ0) is 20.5. The number of hydrogen-bond donors (Lipinski definition) is 2. The Morgan fingerprint density at radius 2 is 2.00 bits per heavy atom. The number of aryl methyl sites for hydroxylation is 1. The lowest BCUT2D eigenvalue weighted by atomic mass is 9.81. The van der Waals surface area contributed by atoms with Gasteiger partial charge in [-0.05, 0) is 70.9 Å². The van der Waals surface area contributed by atoms with Crippen molar-refractivity contribution < 1.29 is 4.79 Å². The van der Waals surface area contributed by atoms with Crippen molar-refractivity contribution in [3.8, 4) is 18.9 Å². The third kappa shape index (κ3) is 7.44. The Bertz CT molecular complexity index is 690. The van der Waals surface area contributed by atoms with Gasteiger partial charge in [-0.1, -0.05) is 12.2 Å². The summed E-state index contributed by atoms with van der Waals surface area (Å²) in [6.07, 6.45) is 13.1. The van der Waals surface area contributed by atoms with E-state index in [1.54, 1.807) is 11.3 Å². The van der Waals surface area contributed by atoms with E-state index in [0.29, 0.717) is 12.8 Å². The second-order valence-electron chi connectivity index (χ2n) is 7.59. The quantitative estimate of drug-likeness (QED) is 0.708. The molecular formula is C21H31N3OS. The molecule has 1 rings (SSSR count). The topological polar surface area (TPSA) is 78.9 Å². The number of terminal acetylenes is 1. The fraction of sp³-hybridized carbons (Fsp3) is 0.524. The van der Waals surface area contributed by atoms with E-state index < -0.39 is 17.0 Å². The second kappa shape index (κ2) is 10.2. The number of rotatable bonds is 7. The number of hydrogen-bond acceptors (Lipinski definition) is 4. The maximum atomic E-state index is 12.5. The number of amides is 1. The zero-order valence-corrected chi connectivity index (χ0v) is 17.5. The van der Waals surface area contributed by atoms with E-state index in [4.69, 9.17) is 5.73 Å². The largest absolute Gasteiger partial charge is 0.350 e. The summed E-state index contributed by atoms with van der Waals surface area (Å²) in [4.78, 5) is 13.7. The summed E-state index contributed by atoms with van der Waals surface area (Å²) in [5.41, 5.74) is 7.42.